The topological polar surface area (TPSA) is 87.0 Å². The highest BCUT2D eigenvalue weighted by molar-refractivity contribution is 6.04. The van der Waals surface area contributed by atoms with Gasteiger partial charge in [0.05, 0.1) is 12.1 Å². The summed E-state index contributed by atoms with van der Waals surface area (Å²) >= 11 is 0. The highest BCUT2D eigenvalue weighted by Crippen LogP contribution is 2.70. The fourth-order valence-electron chi connectivity index (χ4n) is 9.93. The number of nitrogens with zero attached hydrogens (tertiary/aromatic N) is 1. The van der Waals surface area contributed by atoms with Crippen molar-refractivity contribution in [2.75, 3.05) is 6.54 Å². The zero-order valence-electron chi connectivity index (χ0n) is 23.9. The molecular weight excluding hydrogens is 472 g/mol. The normalized spacial score (nSPS) is 45.1. The van der Waals surface area contributed by atoms with Crippen LogP contribution in [0.5, 0.6) is 0 Å². The summed E-state index contributed by atoms with van der Waals surface area (Å²) in [5.74, 6) is 2.88. The average Bonchev–Trinajstić information content (AvgIpc) is 2.86. The molecule has 0 spiro atoms. The first kappa shape index (κ1) is 26.9. The van der Waals surface area contributed by atoms with Crippen molar-refractivity contribution < 1.29 is 14.4 Å². The van der Waals surface area contributed by atoms with Crippen LogP contribution in [0, 0.1) is 74.4 Å². The second kappa shape index (κ2) is 8.42. The number of amides is 1. The van der Waals surface area contributed by atoms with Crippen LogP contribution in [0.15, 0.2) is 23.3 Å². The zero-order valence-corrected chi connectivity index (χ0v) is 23.9. The van der Waals surface area contributed by atoms with E-state index >= 15 is 0 Å². The van der Waals surface area contributed by atoms with E-state index in [0.29, 0.717) is 6.42 Å². The van der Waals surface area contributed by atoms with Gasteiger partial charge < -0.3 is 5.32 Å². The van der Waals surface area contributed by atoms with Crippen LogP contribution in [0.4, 0.5) is 0 Å². The third-order valence-corrected chi connectivity index (χ3v) is 12.2. The van der Waals surface area contributed by atoms with Gasteiger partial charge in [-0.05, 0) is 79.6 Å². The maximum Gasteiger partial charge on any atom is 0.226 e. The van der Waals surface area contributed by atoms with E-state index in [2.05, 4.69) is 38.1 Å². The quantitative estimate of drug-likeness (QED) is 0.489. The zero-order chi connectivity index (χ0) is 27.9. The highest BCUT2D eigenvalue weighted by Gasteiger charge is 2.65. The van der Waals surface area contributed by atoms with Crippen LogP contribution in [0.1, 0.15) is 86.5 Å². The lowest BCUT2D eigenvalue weighted by Gasteiger charge is -2.64. The minimum atomic E-state index is -0.654. The van der Waals surface area contributed by atoms with Gasteiger partial charge in [-0.1, -0.05) is 59.1 Å². The summed E-state index contributed by atoms with van der Waals surface area (Å²) in [6, 6.07) is 2.17. The minimum Gasteiger partial charge on any atom is -0.345 e. The number of carbonyl (C=O) groups is 3. The summed E-state index contributed by atoms with van der Waals surface area (Å²) in [5, 5.41) is 12.7. The number of carbonyl (C=O) groups excluding carboxylic acids is 3. The van der Waals surface area contributed by atoms with E-state index in [1.807, 2.05) is 32.9 Å². The molecule has 8 atom stereocenters. The Bertz CT molecular complexity index is 1260. The van der Waals surface area contributed by atoms with Crippen molar-refractivity contribution >= 4 is 17.5 Å². The first-order chi connectivity index (χ1) is 17.7. The Morgan fingerprint density at radius 3 is 2.42 bits per heavy atom. The number of hydrogen-bond donors (Lipinski definition) is 1. The number of Topliss-reactive ketones (excluding diaryl/α,β-unsaturated/α-hetero) is 1. The van der Waals surface area contributed by atoms with Crippen LogP contribution < -0.4 is 5.32 Å². The number of fused-ring (bicyclic) bond motifs is 7. The van der Waals surface area contributed by atoms with E-state index in [1.165, 1.54) is 0 Å². The van der Waals surface area contributed by atoms with Crippen LogP contribution in [0.3, 0.4) is 0 Å². The summed E-state index contributed by atoms with van der Waals surface area (Å²) in [6.07, 6.45) is 15.5. The lowest BCUT2D eigenvalue weighted by atomic mass is 9.38. The van der Waals surface area contributed by atoms with Crippen LogP contribution in [0.25, 0.3) is 0 Å². The van der Waals surface area contributed by atoms with Crippen molar-refractivity contribution in [3.63, 3.8) is 0 Å². The van der Waals surface area contributed by atoms with Gasteiger partial charge in [-0.25, -0.2) is 0 Å². The van der Waals surface area contributed by atoms with Crippen molar-refractivity contribution in [3.8, 4) is 18.4 Å². The maximum absolute atomic E-state index is 14.2. The third kappa shape index (κ3) is 3.46. The first-order valence-electron chi connectivity index (χ1n) is 14.3. The summed E-state index contributed by atoms with van der Waals surface area (Å²) in [5.41, 5.74) is -0.487. The van der Waals surface area contributed by atoms with E-state index in [4.69, 9.17) is 6.42 Å². The van der Waals surface area contributed by atoms with Gasteiger partial charge in [0.1, 0.15) is 6.07 Å². The first-order valence-corrected chi connectivity index (χ1v) is 14.3. The summed E-state index contributed by atoms with van der Waals surface area (Å²) in [4.78, 5) is 40.5. The molecule has 0 aromatic heterocycles. The number of ketones is 2. The van der Waals surface area contributed by atoms with Gasteiger partial charge in [-0.15, -0.1) is 6.42 Å². The third-order valence-electron chi connectivity index (χ3n) is 12.2. The van der Waals surface area contributed by atoms with Crippen LogP contribution in [-0.2, 0) is 14.4 Å². The number of nitrogens with one attached hydrogen (secondary N) is 1. The molecule has 5 heteroatoms. The predicted octanol–water partition coefficient (Wildman–Crippen LogP) is 5.57. The van der Waals surface area contributed by atoms with Gasteiger partial charge in [0.15, 0.2) is 11.6 Å². The molecule has 5 aliphatic rings. The molecule has 0 aromatic rings. The van der Waals surface area contributed by atoms with E-state index in [1.54, 1.807) is 0 Å². The molecule has 0 bridgehead atoms. The summed E-state index contributed by atoms with van der Waals surface area (Å²) in [7, 11) is 0. The molecule has 5 aliphatic carbocycles. The van der Waals surface area contributed by atoms with Crippen molar-refractivity contribution in [1.29, 1.82) is 5.26 Å². The molecule has 1 amide bonds. The molecule has 0 radical (unpaired) electrons. The molecule has 3 fully saturated rings. The van der Waals surface area contributed by atoms with E-state index < -0.39 is 16.2 Å². The average molecular weight is 515 g/mol. The monoisotopic (exact) mass is 514 g/mol. The fraction of sp³-hybridized carbons (Fsp3) is 0.697. The summed E-state index contributed by atoms with van der Waals surface area (Å²) in [6.45, 7) is 13.0. The Kier molecular flexibility index (Phi) is 5.96. The Hall–Kier alpha value is -2.66. The molecule has 0 aliphatic heterocycles. The smallest absolute Gasteiger partial charge is 0.226 e. The molecule has 3 saturated carbocycles. The number of hydrogen-bond acceptors (Lipinski definition) is 4. The van der Waals surface area contributed by atoms with Crippen molar-refractivity contribution in [2.24, 2.45) is 50.7 Å². The van der Waals surface area contributed by atoms with E-state index in [9.17, 15) is 19.6 Å². The van der Waals surface area contributed by atoms with Gasteiger partial charge >= 0.3 is 0 Å². The molecule has 202 valence electrons. The molecule has 38 heavy (non-hydrogen) atoms. The summed E-state index contributed by atoms with van der Waals surface area (Å²) < 4.78 is 0. The lowest BCUT2D eigenvalue weighted by molar-refractivity contribution is -0.153. The fourth-order valence-corrected chi connectivity index (χ4v) is 9.93. The second-order valence-corrected chi connectivity index (χ2v) is 14.6. The van der Waals surface area contributed by atoms with Crippen LogP contribution in [0.2, 0.25) is 0 Å². The van der Waals surface area contributed by atoms with E-state index in [0.717, 1.165) is 44.1 Å². The number of terminal acetylenes is 1. The minimum absolute atomic E-state index is 0.00150. The van der Waals surface area contributed by atoms with Gasteiger partial charge in [0, 0.05) is 22.2 Å². The van der Waals surface area contributed by atoms with Gasteiger partial charge in [-0.2, -0.15) is 5.26 Å². The largest absolute Gasteiger partial charge is 0.345 e. The van der Waals surface area contributed by atoms with E-state index in [-0.39, 0.29) is 64.1 Å². The van der Waals surface area contributed by atoms with Crippen LogP contribution in [-0.4, -0.2) is 24.0 Å². The Balaban J connectivity index is 1.58. The molecule has 0 saturated heterocycles. The molecule has 1 unspecified atom stereocenters. The van der Waals surface area contributed by atoms with Crippen molar-refractivity contribution in [3.05, 3.63) is 23.3 Å². The molecule has 5 nitrogen and oxygen atoms in total. The molecule has 0 aromatic carbocycles. The van der Waals surface area contributed by atoms with Crippen LogP contribution >= 0.6 is 0 Å². The molecule has 1 N–H and O–H groups in total. The van der Waals surface area contributed by atoms with Gasteiger partial charge in [0.25, 0.3) is 0 Å². The van der Waals surface area contributed by atoms with Gasteiger partial charge in [-0.3, -0.25) is 14.4 Å². The number of allylic oxidation sites excluding steroid dienone is 4. The Labute approximate surface area is 227 Å². The predicted molar refractivity (Wildman–Crippen MR) is 146 cm³/mol. The highest BCUT2D eigenvalue weighted by atomic mass is 16.2. The maximum atomic E-state index is 14.2. The molecule has 5 rings (SSSR count). The SMILES string of the molecule is C#CCNC(=O)[C@@]1(C)CC[C@]2(C)CCC3[C@H](C(=O)C=C4[C@@]3(C)CC[C@H]3C(C)(C)C(=O)C(C#N)=C[C@]43C)[C@@H]2C1. The molecular formula is C33H42N2O3. The Morgan fingerprint density at radius 1 is 1.05 bits per heavy atom. The van der Waals surface area contributed by atoms with Crippen molar-refractivity contribution in [2.45, 2.75) is 86.5 Å². The lowest BCUT2D eigenvalue weighted by Crippen LogP contribution is -2.61. The second-order valence-electron chi connectivity index (χ2n) is 14.6. The van der Waals surface area contributed by atoms with Gasteiger partial charge in [0.2, 0.25) is 5.91 Å². The number of rotatable bonds is 2. The van der Waals surface area contributed by atoms with Crippen molar-refractivity contribution in [1.82, 2.24) is 5.32 Å². The Morgan fingerprint density at radius 2 is 1.76 bits per heavy atom. The molecule has 0 heterocycles. The number of nitriles is 1. The standard InChI is InChI=1S/C33H42N2O3/c1-8-15-35-28(38)31(5)14-13-30(4)11-9-21-26(22(30)18-31)23(36)16-25-32(21,6)12-10-24-29(2,3)27(37)20(19-34)17-33(24,25)7/h1,16-17,21-22,24,26H,9-15,18H2,2-7H3,(H,35,38)/t21?,22-,24-,26-,30-,31-,32-,33-/m0/s1.